The number of carbonyl (C=O) groups excluding carboxylic acids is 2. The Hall–Kier alpha value is -1.49. The summed E-state index contributed by atoms with van der Waals surface area (Å²) in [6.45, 7) is 0.269. The minimum absolute atomic E-state index is 0.0382. The molecule has 5 fully saturated rings. The first-order valence-electron chi connectivity index (χ1n) is 10.4. The minimum atomic E-state index is -0.169. The maximum absolute atomic E-state index is 13.3. The van der Waals surface area contributed by atoms with E-state index in [4.69, 9.17) is 0 Å². The van der Waals surface area contributed by atoms with Crippen LogP contribution in [0.4, 0.5) is 4.79 Å². The van der Waals surface area contributed by atoms with Gasteiger partial charge in [-0.3, -0.25) is 9.69 Å². The lowest BCUT2D eigenvalue weighted by atomic mass is 9.54. The number of nitrogens with zero attached hydrogens (tertiary/aromatic N) is 2. The van der Waals surface area contributed by atoms with Gasteiger partial charge in [-0.1, -0.05) is 30.3 Å². The molecule has 4 bridgehead atoms. The molecule has 1 aromatic carbocycles. The van der Waals surface area contributed by atoms with Gasteiger partial charge in [-0.05, 0) is 67.8 Å². The van der Waals surface area contributed by atoms with Crippen molar-refractivity contribution in [2.45, 2.75) is 50.6 Å². The summed E-state index contributed by atoms with van der Waals surface area (Å²) in [6, 6.07) is 10.1. The quantitative estimate of drug-likeness (QED) is 0.622. The number of carbonyl (C=O) groups is 2. The molecule has 5 aliphatic rings. The lowest BCUT2D eigenvalue weighted by Gasteiger charge is -2.56. The normalized spacial score (nSPS) is 36.0. The average molecular weight is 385 g/mol. The van der Waals surface area contributed by atoms with Gasteiger partial charge in [-0.2, -0.15) is 12.6 Å². The molecule has 144 valence electrons. The maximum atomic E-state index is 13.3. The van der Waals surface area contributed by atoms with Gasteiger partial charge in [-0.15, -0.1) is 0 Å². The summed E-state index contributed by atoms with van der Waals surface area (Å²) in [5.74, 6) is 3.43. The van der Waals surface area contributed by atoms with Gasteiger partial charge in [0.25, 0.3) is 5.91 Å². The molecule has 0 radical (unpaired) electrons. The zero-order chi connectivity index (χ0) is 18.5. The molecule has 0 N–H and O–H groups in total. The Morgan fingerprint density at radius 1 is 0.963 bits per heavy atom. The van der Waals surface area contributed by atoms with Crippen LogP contribution >= 0.6 is 12.6 Å². The number of urea groups is 1. The summed E-state index contributed by atoms with van der Waals surface area (Å²) in [7, 11) is 0. The van der Waals surface area contributed by atoms with Crippen molar-refractivity contribution >= 4 is 24.6 Å². The van der Waals surface area contributed by atoms with E-state index in [1.165, 1.54) is 37.0 Å². The van der Waals surface area contributed by atoms with Crippen molar-refractivity contribution in [1.29, 1.82) is 0 Å². The third-order valence-electron chi connectivity index (χ3n) is 7.45. The highest BCUT2D eigenvalue weighted by Gasteiger charge is 2.54. The van der Waals surface area contributed by atoms with Gasteiger partial charge < -0.3 is 4.90 Å². The summed E-state index contributed by atoms with van der Waals surface area (Å²) >= 11 is 4.48. The fraction of sp³-hybridized carbons (Fsp3) is 0.636. The zero-order valence-corrected chi connectivity index (χ0v) is 16.6. The molecular weight excluding hydrogens is 356 g/mol. The van der Waals surface area contributed by atoms with E-state index >= 15 is 0 Å². The van der Waals surface area contributed by atoms with E-state index in [-0.39, 0.29) is 30.6 Å². The van der Waals surface area contributed by atoms with Crippen molar-refractivity contribution in [3.05, 3.63) is 35.9 Å². The Balaban J connectivity index is 1.35. The van der Waals surface area contributed by atoms with Crippen molar-refractivity contribution in [3.8, 4) is 0 Å². The number of benzene rings is 1. The highest BCUT2D eigenvalue weighted by atomic mass is 32.1. The third-order valence-corrected chi connectivity index (χ3v) is 7.87. The third kappa shape index (κ3) is 2.98. The number of amides is 3. The molecule has 27 heavy (non-hydrogen) atoms. The number of rotatable bonds is 5. The molecule has 0 aromatic heterocycles. The van der Waals surface area contributed by atoms with Gasteiger partial charge in [0.15, 0.2) is 0 Å². The predicted molar refractivity (Wildman–Crippen MR) is 108 cm³/mol. The fourth-order valence-electron chi connectivity index (χ4n) is 6.66. The largest absolute Gasteiger partial charge is 0.327 e. The Morgan fingerprint density at radius 3 is 2.19 bits per heavy atom. The van der Waals surface area contributed by atoms with Crippen LogP contribution in [0, 0.1) is 23.7 Å². The van der Waals surface area contributed by atoms with Gasteiger partial charge in [0.05, 0.1) is 6.04 Å². The molecule has 4 saturated carbocycles. The first-order valence-corrected chi connectivity index (χ1v) is 11.0. The van der Waals surface area contributed by atoms with E-state index in [1.807, 2.05) is 23.1 Å². The Bertz CT molecular complexity index is 709. The fourth-order valence-corrected chi connectivity index (χ4v) is 6.95. The van der Waals surface area contributed by atoms with Crippen LogP contribution in [0.2, 0.25) is 0 Å². The van der Waals surface area contributed by atoms with Crippen LogP contribution in [0.15, 0.2) is 30.3 Å². The second-order valence-electron chi connectivity index (χ2n) is 9.12. The van der Waals surface area contributed by atoms with E-state index < -0.39 is 0 Å². The summed E-state index contributed by atoms with van der Waals surface area (Å²) in [4.78, 5) is 29.6. The molecule has 1 unspecified atom stereocenters. The van der Waals surface area contributed by atoms with E-state index in [0.29, 0.717) is 24.0 Å². The molecule has 5 heteroatoms. The number of hydrogen-bond donors (Lipinski definition) is 1. The molecule has 6 rings (SSSR count). The van der Waals surface area contributed by atoms with Crippen LogP contribution in [0.3, 0.4) is 0 Å². The molecule has 3 amide bonds. The van der Waals surface area contributed by atoms with Crippen molar-refractivity contribution < 1.29 is 9.59 Å². The topological polar surface area (TPSA) is 40.6 Å². The summed E-state index contributed by atoms with van der Waals surface area (Å²) in [5, 5.41) is 0. The van der Waals surface area contributed by atoms with E-state index in [0.717, 1.165) is 17.4 Å². The average Bonchev–Trinajstić information content (AvgIpc) is 2.94. The summed E-state index contributed by atoms with van der Waals surface area (Å²) < 4.78 is 0. The second kappa shape index (κ2) is 6.84. The molecule has 1 aromatic rings. The molecule has 0 spiro atoms. The van der Waals surface area contributed by atoms with Gasteiger partial charge in [0.2, 0.25) is 0 Å². The first-order chi connectivity index (χ1) is 13.1. The van der Waals surface area contributed by atoms with E-state index in [2.05, 4.69) is 24.8 Å². The van der Waals surface area contributed by atoms with Crippen LogP contribution in [0.1, 0.15) is 37.7 Å². The van der Waals surface area contributed by atoms with Gasteiger partial charge in [0.1, 0.15) is 6.54 Å². The van der Waals surface area contributed by atoms with Crippen LogP contribution < -0.4 is 0 Å². The van der Waals surface area contributed by atoms with Crippen molar-refractivity contribution in [2.75, 3.05) is 12.3 Å². The van der Waals surface area contributed by atoms with Crippen molar-refractivity contribution in [2.24, 2.45) is 23.7 Å². The van der Waals surface area contributed by atoms with Gasteiger partial charge in [0, 0.05) is 11.8 Å². The molecule has 1 heterocycles. The molecule has 1 aliphatic heterocycles. The lowest BCUT2D eigenvalue weighted by Crippen LogP contribution is -2.57. The minimum Gasteiger partial charge on any atom is -0.311 e. The summed E-state index contributed by atoms with van der Waals surface area (Å²) in [6.07, 6.45) is 7.12. The zero-order valence-electron chi connectivity index (χ0n) is 15.7. The molecule has 1 saturated heterocycles. The molecule has 4 aliphatic carbocycles. The smallest absolute Gasteiger partial charge is 0.311 e. The summed E-state index contributed by atoms with van der Waals surface area (Å²) in [5.41, 5.74) is 1.14. The molecule has 4 nitrogen and oxygen atoms in total. The van der Waals surface area contributed by atoms with E-state index in [1.54, 1.807) is 0 Å². The van der Waals surface area contributed by atoms with E-state index in [9.17, 15) is 9.59 Å². The molecule has 1 atom stereocenters. The van der Waals surface area contributed by atoms with Crippen LogP contribution in [-0.2, 0) is 11.2 Å². The number of imide groups is 1. The second-order valence-corrected chi connectivity index (χ2v) is 9.49. The van der Waals surface area contributed by atoms with Gasteiger partial charge in [-0.25, -0.2) is 4.79 Å². The maximum Gasteiger partial charge on any atom is 0.327 e. The Labute approximate surface area is 166 Å². The highest BCUT2D eigenvalue weighted by Crippen LogP contribution is 2.55. The first kappa shape index (κ1) is 17.6. The standard InChI is InChI=1S/C22H28N2O2S/c25-20-12-23(21-17-7-15-6-16(9-17)10-18(21)8-15)22(26)24(20)19(13-27)11-14-4-2-1-3-5-14/h1-5,15-19,21,27H,6-13H2. The van der Waals surface area contributed by atoms with Gasteiger partial charge >= 0.3 is 6.03 Å². The van der Waals surface area contributed by atoms with Crippen LogP contribution in [0.25, 0.3) is 0 Å². The Kier molecular flexibility index (Phi) is 4.46. The Morgan fingerprint density at radius 2 is 1.59 bits per heavy atom. The number of hydrogen-bond acceptors (Lipinski definition) is 3. The van der Waals surface area contributed by atoms with Crippen LogP contribution in [-0.4, -0.2) is 46.1 Å². The monoisotopic (exact) mass is 384 g/mol. The number of thiol groups is 1. The van der Waals surface area contributed by atoms with Crippen LogP contribution in [0.5, 0.6) is 0 Å². The van der Waals surface area contributed by atoms with Crippen molar-refractivity contribution in [1.82, 2.24) is 9.80 Å². The lowest BCUT2D eigenvalue weighted by molar-refractivity contribution is -0.127. The van der Waals surface area contributed by atoms with Crippen molar-refractivity contribution in [3.63, 3.8) is 0 Å². The highest BCUT2D eigenvalue weighted by molar-refractivity contribution is 7.80. The predicted octanol–water partition coefficient (Wildman–Crippen LogP) is 3.62. The SMILES string of the molecule is O=C1CN(C2C3CC4CC(C3)CC2C4)C(=O)N1C(CS)Cc1ccccc1. The molecular formula is C22H28N2O2S.